The van der Waals surface area contributed by atoms with Crippen molar-refractivity contribution < 1.29 is 10.0 Å². The van der Waals surface area contributed by atoms with Crippen molar-refractivity contribution in [3.8, 4) is 16.8 Å². The lowest BCUT2D eigenvalue weighted by Gasteiger charge is -2.12. The van der Waals surface area contributed by atoms with Crippen LogP contribution < -0.4 is 5.46 Å². The maximum Gasteiger partial charge on any atom is 0.489 e. The summed E-state index contributed by atoms with van der Waals surface area (Å²) in [6.07, 6.45) is 0. The van der Waals surface area contributed by atoms with Gasteiger partial charge in [0.25, 0.3) is 0 Å². The van der Waals surface area contributed by atoms with Crippen molar-refractivity contribution in [1.82, 2.24) is 4.57 Å². The van der Waals surface area contributed by atoms with Gasteiger partial charge in [0, 0.05) is 16.5 Å². The molecule has 0 aliphatic rings. The highest BCUT2D eigenvalue weighted by atomic mass is 16.4. The van der Waals surface area contributed by atoms with E-state index in [1.165, 1.54) is 10.8 Å². The molecule has 134 valence electrons. The standard InChI is InChI=1S/C24H18BNO2/c27-25(28)22-13-4-1-10-19(22)17-8-7-9-18(16-17)26-23-14-5-2-11-20(23)21-12-3-6-15-24(21)26/h1-16,27-28H. The second-order valence-corrected chi connectivity index (χ2v) is 6.88. The zero-order valence-corrected chi connectivity index (χ0v) is 15.2. The van der Waals surface area contributed by atoms with E-state index in [9.17, 15) is 10.0 Å². The molecule has 1 heterocycles. The number of nitrogens with zero attached hydrogens (tertiary/aromatic N) is 1. The van der Waals surface area contributed by atoms with Gasteiger partial charge in [0.05, 0.1) is 11.0 Å². The average molecular weight is 363 g/mol. The van der Waals surface area contributed by atoms with Gasteiger partial charge in [-0.1, -0.05) is 72.8 Å². The monoisotopic (exact) mass is 363 g/mol. The van der Waals surface area contributed by atoms with Gasteiger partial charge in [-0.05, 0) is 40.9 Å². The van der Waals surface area contributed by atoms with Crippen LogP contribution in [0.15, 0.2) is 97.1 Å². The van der Waals surface area contributed by atoms with E-state index in [1.807, 2.05) is 30.3 Å². The molecule has 0 bridgehead atoms. The molecule has 0 amide bonds. The molecule has 5 aromatic rings. The topological polar surface area (TPSA) is 45.4 Å². The lowest BCUT2D eigenvalue weighted by atomic mass is 9.75. The van der Waals surface area contributed by atoms with Crippen LogP contribution in [-0.4, -0.2) is 21.7 Å². The van der Waals surface area contributed by atoms with Crippen LogP contribution in [0.3, 0.4) is 0 Å². The second-order valence-electron chi connectivity index (χ2n) is 6.88. The van der Waals surface area contributed by atoms with Gasteiger partial charge < -0.3 is 14.6 Å². The normalized spacial score (nSPS) is 11.2. The van der Waals surface area contributed by atoms with E-state index >= 15 is 0 Å². The largest absolute Gasteiger partial charge is 0.489 e. The summed E-state index contributed by atoms with van der Waals surface area (Å²) in [7, 11) is -1.51. The third kappa shape index (κ3) is 2.62. The molecule has 0 aliphatic carbocycles. The first-order chi connectivity index (χ1) is 13.7. The van der Waals surface area contributed by atoms with Crippen LogP contribution in [0.1, 0.15) is 0 Å². The average Bonchev–Trinajstić information content (AvgIpc) is 3.08. The van der Waals surface area contributed by atoms with Crippen LogP contribution in [0.25, 0.3) is 38.6 Å². The number of fused-ring (bicyclic) bond motifs is 3. The molecule has 0 saturated carbocycles. The second kappa shape index (κ2) is 6.68. The molecule has 0 aliphatic heterocycles. The summed E-state index contributed by atoms with van der Waals surface area (Å²) in [4.78, 5) is 0. The van der Waals surface area contributed by atoms with Crippen LogP contribution in [-0.2, 0) is 0 Å². The number of hydrogen-bond donors (Lipinski definition) is 2. The van der Waals surface area contributed by atoms with Crippen molar-refractivity contribution in [3.63, 3.8) is 0 Å². The summed E-state index contributed by atoms with van der Waals surface area (Å²) in [5.41, 5.74) is 5.61. The molecule has 5 rings (SSSR count). The SMILES string of the molecule is OB(O)c1ccccc1-c1cccc(-n2c3ccccc3c3ccccc32)c1. The van der Waals surface area contributed by atoms with Crippen molar-refractivity contribution in [2.75, 3.05) is 0 Å². The summed E-state index contributed by atoms with van der Waals surface area (Å²) < 4.78 is 2.26. The minimum Gasteiger partial charge on any atom is -0.423 e. The fourth-order valence-electron chi connectivity index (χ4n) is 4.00. The molecule has 0 unspecified atom stereocenters. The van der Waals surface area contributed by atoms with Gasteiger partial charge in [0.2, 0.25) is 0 Å². The molecule has 0 radical (unpaired) electrons. The van der Waals surface area contributed by atoms with Gasteiger partial charge in [-0.2, -0.15) is 0 Å². The molecule has 0 saturated heterocycles. The van der Waals surface area contributed by atoms with Crippen molar-refractivity contribution in [3.05, 3.63) is 97.1 Å². The minimum absolute atomic E-state index is 0.502. The first kappa shape index (κ1) is 16.8. The Morgan fingerprint density at radius 2 is 1.21 bits per heavy atom. The van der Waals surface area contributed by atoms with E-state index in [2.05, 4.69) is 65.2 Å². The maximum atomic E-state index is 9.75. The van der Waals surface area contributed by atoms with E-state index in [0.29, 0.717) is 5.46 Å². The quantitative estimate of drug-likeness (QED) is 0.474. The van der Waals surface area contributed by atoms with E-state index in [-0.39, 0.29) is 0 Å². The van der Waals surface area contributed by atoms with Crippen LogP contribution in [0.2, 0.25) is 0 Å². The number of para-hydroxylation sites is 2. The number of benzene rings is 4. The first-order valence-electron chi connectivity index (χ1n) is 9.28. The Labute approximate surface area is 163 Å². The van der Waals surface area contributed by atoms with Crippen molar-refractivity contribution in [1.29, 1.82) is 0 Å². The maximum absolute atomic E-state index is 9.75. The fourth-order valence-corrected chi connectivity index (χ4v) is 4.00. The Bertz CT molecular complexity index is 1250. The Balaban J connectivity index is 1.78. The lowest BCUT2D eigenvalue weighted by Crippen LogP contribution is -2.31. The molecule has 4 heteroatoms. The van der Waals surface area contributed by atoms with Crippen LogP contribution in [0.5, 0.6) is 0 Å². The molecule has 2 N–H and O–H groups in total. The van der Waals surface area contributed by atoms with Crippen LogP contribution >= 0.6 is 0 Å². The van der Waals surface area contributed by atoms with Crippen molar-refractivity contribution in [2.24, 2.45) is 0 Å². The first-order valence-corrected chi connectivity index (χ1v) is 9.28. The summed E-state index contributed by atoms with van der Waals surface area (Å²) in [6.45, 7) is 0. The third-order valence-corrected chi connectivity index (χ3v) is 5.23. The van der Waals surface area contributed by atoms with Crippen LogP contribution in [0, 0.1) is 0 Å². The van der Waals surface area contributed by atoms with Gasteiger partial charge in [-0.3, -0.25) is 0 Å². The summed E-state index contributed by atoms with van der Waals surface area (Å²) >= 11 is 0. The van der Waals surface area contributed by atoms with Gasteiger partial charge in [-0.15, -0.1) is 0 Å². The predicted octanol–water partition coefficient (Wildman–Crippen LogP) is 4.13. The smallest absolute Gasteiger partial charge is 0.423 e. The summed E-state index contributed by atoms with van der Waals surface area (Å²) in [5.74, 6) is 0. The summed E-state index contributed by atoms with van der Waals surface area (Å²) in [6, 6.07) is 32.4. The number of aromatic nitrogens is 1. The Morgan fingerprint density at radius 3 is 1.89 bits per heavy atom. The third-order valence-electron chi connectivity index (χ3n) is 5.23. The predicted molar refractivity (Wildman–Crippen MR) is 116 cm³/mol. The number of hydrogen-bond acceptors (Lipinski definition) is 2. The minimum atomic E-state index is -1.51. The van der Waals surface area contributed by atoms with Crippen molar-refractivity contribution in [2.45, 2.75) is 0 Å². The molecule has 0 fully saturated rings. The Hall–Kier alpha value is -3.34. The number of rotatable bonds is 3. The van der Waals surface area contributed by atoms with Crippen LogP contribution in [0.4, 0.5) is 0 Å². The molecule has 3 nitrogen and oxygen atoms in total. The Kier molecular flexibility index (Phi) is 4.01. The van der Waals surface area contributed by atoms with Crippen molar-refractivity contribution >= 4 is 34.4 Å². The molecule has 28 heavy (non-hydrogen) atoms. The molecule has 0 spiro atoms. The zero-order valence-electron chi connectivity index (χ0n) is 15.2. The molecule has 1 aromatic heterocycles. The molecule has 0 atom stereocenters. The molecule has 4 aromatic carbocycles. The summed E-state index contributed by atoms with van der Waals surface area (Å²) in [5, 5.41) is 21.9. The van der Waals surface area contributed by atoms with E-state index < -0.39 is 7.12 Å². The fraction of sp³-hybridized carbons (Fsp3) is 0. The van der Waals surface area contributed by atoms with E-state index in [0.717, 1.165) is 27.8 Å². The highest BCUT2D eigenvalue weighted by Gasteiger charge is 2.17. The highest BCUT2D eigenvalue weighted by molar-refractivity contribution is 6.60. The van der Waals surface area contributed by atoms with E-state index in [4.69, 9.17) is 0 Å². The zero-order chi connectivity index (χ0) is 19.1. The van der Waals surface area contributed by atoms with Gasteiger partial charge in [0.1, 0.15) is 0 Å². The van der Waals surface area contributed by atoms with Gasteiger partial charge in [-0.25, -0.2) is 0 Å². The van der Waals surface area contributed by atoms with E-state index in [1.54, 1.807) is 6.07 Å². The van der Waals surface area contributed by atoms with Gasteiger partial charge in [0.15, 0.2) is 0 Å². The van der Waals surface area contributed by atoms with Gasteiger partial charge >= 0.3 is 7.12 Å². The Morgan fingerprint density at radius 1 is 0.607 bits per heavy atom. The highest BCUT2D eigenvalue weighted by Crippen LogP contribution is 2.32. The molecular formula is C24H18BNO2. The molecular weight excluding hydrogens is 345 g/mol. The lowest BCUT2D eigenvalue weighted by molar-refractivity contribution is 0.426.